The van der Waals surface area contributed by atoms with Gasteiger partial charge in [0.15, 0.2) is 0 Å². The Balaban J connectivity index is 2.59. The monoisotopic (exact) mass is 241 g/mol. The Hall–Kier alpha value is -1.09. The van der Waals surface area contributed by atoms with E-state index in [0.717, 1.165) is 6.42 Å². The summed E-state index contributed by atoms with van der Waals surface area (Å²) in [6.07, 6.45) is 0.865. The average Bonchev–Trinajstić information content (AvgIpc) is 2.15. The van der Waals surface area contributed by atoms with Crippen LogP contribution in [0.5, 0.6) is 0 Å². The van der Waals surface area contributed by atoms with Gasteiger partial charge >= 0.3 is 5.97 Å². The molecule has 0 aliphatic heterocycles. The zero-order valence-electron chi connectivity index (χ0n) is 9.79. The van der Waals surface area contributed by atoms with Crippen LogP contribution in [0.2, 0.25) is 5.15 Å². The standard InChI is InChI=1S/C12H16ClNO2/c1-8(2)4-5-16-12(15)10-6-9(3)14-11(13)7-10/h6-8H,4-5H2,1-3H3. The minimum absolute atomic E-state index is 0.316. The van der Waals surface area contributed by atoms with Crippen molar-refractivity contribution in [2.24, 2.45) is 5.92 Å². The number of aryl methyl sites for hydroxylation is 1. The third-order valence-corrected chi connectivity index (χ3v) is 2.28. The summed E-state index contributed by atoms with van der Waals surface area (Å²) in [5.41, 5.74) is 1.17. The number of halogens is 1. The van der Waals surface area contributed by atoms with Crippen LogP contribution in [-0.4, -0.2) is 17.6 Å². The highest BCUT2D eigenvalue weighted by Gasteiger charge is 2.09. The molecule has 16 heavy (non-hydrogen) atoms. The lowest BCUT2D eigenvalue weighted by Crippen LogP contribution is -2.08. The van der Waals surface area contributed by atoms with Crippen molar-refractivity contribution >= 4 is 17.6 Å². The van der Waals surface area contributed by atoms with Gasteiger partial charge in [0.25, 0.3) is 0 Å². The number of carbonyl (C=O) groups is 1. The quantitative estimate of drug-likeness (QED) is 0.600. The summed E-state index contributed by atoms with van der Waals surface area (Å²) in [5, 5.41) is 0.316. The van der Waals surface area contributed by atoms with Crippen LogP contribution >= 0.6 is 11.6 Å². The topological polar surface area (TPSA) is 39.2 Å². The van der Waals surface area contributed by atoms with E-state index in [-0.39, 0.29) is 5.97 Å². The van der Waals surface area contributed by atoms with Gasteiger partial charge in [0.1, 0.15) is 5.15 Å². The molecule has 0 saturated heterocycles. The van der Waals surface area contributed by atoms with Gasteiger partial charge in [0.05, 0.1) is 12.2 Å². The summed E-state index contributed by atoms with van der Waals surface area (Å²) >= 11 is 5.76. The fourth-order valence-electron chi connectivity index (χ4n) is 1.22. The summed E-state index contributed by atoms with van der Waals surface area (Å²) in [4.78, 5) is 15.6. The molecule has 0 N–H and O–H groups in total. The van der Waals surface area contributed by atoms with Gasteiger partial charge in [-0.3, -0.25) is 0 Å². The molecule has 0 unspecified atom stereocenters. The largest absolute Gasteiger partial charge is 0.462 e. The molecular weight excluding hydrogens is 226 g/mol. The average molecular weight is 242 g/mol. The van der Waals surface area contributed by atoms with Crippen molar-refractivity contribution < 1.29 is 9.53 Å². The van der Waals surface area contributed by atoms with Crippen LogP contribution in [0.15, 0.2) is 12.1 Å². The van der Waals surface area contributed by atoms with E-state index in [1.54, 1.807) is 13.0 Å². The van der Waals surface area contributed by atoms with Crippen LogP contribution in [0, 0.1) is 12.8 Å². The van der Waals surface area contributed by atoms with Crippen molar-refractivity contribution in [1.82, 2.24) is 4.98 Å². The number of aromatic nitrogens is 1. The zero-order valence-corrected chi connectivity index (χ0v) is 10.5. The first-order chi connectivity index (χ1) is 7.49. The fourth-order valence-corrected chi connectivity index (χ4v) is 1.47. The Morgan fingerprint density at radius 3 is 2.75 bits per heavy atom. The van der Waals surface area contributed by atoms with Crippen molar-refractivity contribution in [3.8, 4) is 0 Å². The van der Waals surface area contributed by atoms with Crippen LogP contribution in [0.25, 0.3) is 0 Å². The molecule has 1 aromatic heterocycles. The van der Waals surface area contributed by atoms with E-state index in [4.69, 9.17) is 16.3 Å². The third kappa shape index (κ3) is 4.19. The molecule has 0 radical (unpaired) electrons. The number of hydrogen-bond acceptors (Lipinski definition) is 3. The third-order valence-electron chi connectivity index (χ3n) is 2.09. The van der Waals surface area contributed by atoms with E-state index in [2.05, 4.69) is 18.8 Å². The number of pyridine rings is 1. The Kier molecular flexibility index (Phi) is 4.74. The molecule has 0 amide bonds. The van der Waals surface area contributed by atoms with Gasteiger partial charge in [-0.2, -0.15) is 0 Å². The Morgan fingerprint density at radius 2 is 2.19 bits per heavy atom. The first kappa shape index (κ1) is 13.0. The number of nitrogens with zero attached hydrogens (tertiary/aromatic N) is 1. The minimum atomic E-state index is -0.340. The van der Waals surface area contributed by atoms with Gasteiger partial charge in [-0.25, -0.2) is 9.78 Å². The van der Waals surface area contributed by atoms with Gasteiger partial charge in [-0.15, -0.1) is 0 Å². The van der Waals surface area contributed by atoms with E-state index in [9.17, 15) is 4.79 Å². The lowest BCUT2D eigenvalue weighted by Gasteiger charge is -2.07. The van der Waals surface area contributed by atoms with E-state index >= 15 is 0 Å². The predicted molar refractivity (Wildman–Crippen MR) is 63.7 cm³/mol. The Morgan fingerprint density at radius 1 is 1.50 bits per heavy atom. The second-order valence-electron chi connectivity index (χ2n) is 4.14. The zero-order chi connectivity index (χ0) is 12.1. The number of ether oxygens (including phenoxy) is 1. The highest BCUT2D eigenvalue weighted by Crippen LogP contribution is 2.12. The summed E-state index contributed by atoms with van der Waals surface area (Å²) < 4.78 is 5.12. The van der Waals surface area contributed by atoms with Crippen LogP contribution in [0.1, 0.15) is 36.3 Å². The first-order valence-electron chi connectivity index (χ1n) is 5.30. The molecule has 0 aromatic carbocycles. The van der Waals surface area contributed by atoms with Crippen molar-refractivity contribution in [1.29, 1.82) is 0 Å². The lowest BCUT2D eigenvalue weighted by atomic mass is 10.1. The summed E-state index contributed by atoms with van der Waals surface area (Å²) in [6, 6.07) is 3.19. The maximum absolute atomic E-state index is 11.6. The van der Waals surface area contributed by atoms with E-state index < -0.39 is 0 Å². The minimum Gasteiger partial charge on any atom is -0.462 e. The maximum atomic E-state index is 11.6. The van der Waals surface area contributed by atoms with Crippen molar-refractivity contribution in [2.45, 2.75) is 27.2 Å². The normalized spacial score (nSPS) is 10.6. The van der Waals surface area contributed by atoms with Crippen LogP contribution in [-0.2, 0) is 4.74 Å². The van der Waals surface area contributed by atoms with Crippen molar-refractivity contribution in [3.63, 3.8) is 0 Å². The van der Waals surface area contributed by atoms with E-state index in [1.807, 2.05) is 0 Å². The molecule has 0 saturated carbocycles. The SMILES string of the molecule is Cc1cc(C(=O)OCCC(C)C)cc(Cl)n1. The molecule has 0 bridgehead atoms. The lowest BCUT2D eigenvalue weighted by molar-refractivity contribution is 0.0488. The molecule has 3 nitrogen and oxygen atoms in total. The van der Waals surface area contributed by atoms with Gasteiger partial charge in [0.2, 0.25) is 0 Å². The summed E-state index contributed by atoms with van der Waals surface area (Å²) in [6.45, 7) is 6.40. The molecule has 0 spiro atoms. The number of hydrogen-bond donors (Lipinski definition) is 0. The number of carbonyl (C=O) groups excluding carboxylic acids is 1. The molecule has 0 fully saturated rings. The molecule has 1 rings (SSSR count). The summed E-state index contributed by atoms with van der Waals surface area (Å²) in [7, 11) is 0. The first-order valence-corrected chi connectivity index (χ1v) is 5.68. The maximum Gasteiger partial charge on any atom is 0.338 e. The highest BCUT2D eigenvalue weighted by molar-refractivity contribution is 6.29. The van der Waals surface area contributed by atoms with Crippen molar-refractivity contribution in [2.75, 3.05) is 6.61 Å². The van der Waals surface area contributed by atoms with Crippen molar-refractivity contribution in [3.05, 3.63) is 28.5 Å². The van der Waals surface area contributed by atoms with Gasteiger partial charge in [-0.1, -0.05) is 25.4 Å². The summed E-state index contributed by atoms with van der Waals surface area (Å²) in [5.74, 6) is 0.184. The Labute approximate surface area is 101 Å². The highest BCUT2D eigenvalue weighted by atomic mass is 35.5. The second-order valence-corrected chi connectivity index (χ2v) is 4.53. The number of rotatable bonds is 4. The van der Waals surface area contributed by atoms with Gasteiger partial charge in [0, 0.05) is 5.69 Å². The molecule has 0 aliphatic rings. The Bertz CT molecular complexity index is 357. The predicted octanol–water partition coefficient (Wildman–Crippen LogP) is 3.25. The second kappa shape index (κ2) is 5.85. The van der Waals surface area contributed by atoms with Crippen LogP contribution in [0.4, 0.5) is 0 Å². The van der Waals surface area contributed by atoms with E-state index in [0.29, 0.717) is 28.9 Å². The van der Waals surface area contributed by atoms with Crippen LogP contribution < -0.4 is 0 Å². The van der Waals surface area contributed by atoms with Gasteiger partial charge < -0.3 is 4.74 Å². The van der Waals surface area contributed by atoms with E-state index in [1.165, 1.54) is 6.07 Å². The smallest absolute Gasteiger partial charge is 0.338 e. The molecule has 88 valence electrons. The van der Waals surface area contributed by atoms with Gasteiger partial charge in [-0.05, 0) is 31.4 Å². The fraction of sp³-hybridized carbons (Fsp3) is 0.500. The molecule has 1 aromatic rings. The molecular formula is C12H16ClNO2. The molecule has 4 heteroatoms. The van der Waals surface area contributed by atoms with Crippen LogP contribution in [0.3, 0.4) is 0 Å². The number of esters is 1. The molecule has 1 heterocycles. The molecule has 0 atom stereocenters. The molecule has 0 aliphatic carbocycles.